The summed E-state index contributed by atoms with van der Waals surface area (Å²) in [5, 5.41) is 0. The van der Waals surface area contributed by atoms with Gasteiger partial charge in [-0.15, -0.1) is 0 Å². The van der Waals surface area contributed by atoms with Gasteiger partial charge in [-0.3, -0.25) is 0 Å². The molecule has 0 radical (unpaired) electrons. The highest BCUT2D eigenvalue weighted by Gasteiger charge is 2.24. The lowest BCUT2D eigenvalue weighted by atomic mass is 10.0. The first kappa shape index (κ1) is 7.69. The number of aldehydes is 1. The quantitative estimate of drug-likeness (QED) is 0.532. The van der Waals surface area contributed by atoms with Gasteiger partial charge in [-0.25, -0.2) is 0 Å². The fourth-order valence-corrected chi connectivity index (χ4v) is 1.17. The zero-order valence-electron chi connectivity index (χ0n) is 6.08. The molecule has 0 aromatic heterocycles. The molecule has 1 fully saturated rings. The maximum absolute atomic E-state index is 10.3. The summed E-state index contributed by atoms with van der Waals surface area (Å²) in [6.07, 6.45) is 1.53. The number of carbonyl (C=O) groups excluding carboxylic acids is 1. The molecule has 1 heterocycles. The molecule has 58 valence electrons. The summed E-state index contributed by atoms with van der Waals surface area (Å²) in [6.45, 7) is 1.43. The minimum Gasteiger partial charge on any atom is -0.381 e. The molecule has 10 heavy (non-hydrogen) atoms. The first-order valence-electron chi connectivity index (χ1n) is 3.44. The average Bonchev–Trinajstić information content (AvgIpc) is 2.43. The Morgan fingerprint density at radius 3 is 3.00 bits per heavy atom. The smallest absolute Gasteiger partial charge is 0.149 e. The van der Waals surface area contributed by atoms with E-state index >= 15 is 0 Å². The van der Waals surface area contributed by atoms with E-state index in [0.29, 0.717) is 6.61 Å². The van der Waals surface area contributed by atoms with Crippen LogP contribution >= 0.6 is 0 Å². The van der Waals surface area contributed by atoms with E-state index in [1.807, 2.05) is 0 Å². The number of carbonyl (C=O) groups is 1. The number of hydrogen-bond acceptors (Lipinski definition) is 3. The third-order valence-corrected chi connectivity index (χ3v) is 1.84. The molecule has 0 aromatic rings. The monoisotopic (exact) mass is 144 g/mol. The second kappa shape index (κ2) is 3.68. The Labute approximate surface area is 60.3 Å². The lowest BCUT2D eigenvalue weighted by molar-refractivity contribution is -0.119. The van der Waals surface area contributed by atoms with Gasteiger partial charge >= 0.3 is 0 Å². The molecule has 0 amide bonds. The molecule has 3 heteroatoms. The Kier molecular flexibility index (Phi) is 2.83. The van der Waals surface area contributed by atoms with Crippen LogP contribution in [0.25, 0.3) is 0 Å². The van der Waals surface area contributed by atoms with E-state index in [4.69, 9.17) is 9.47 Å². The van der Waals surface area contributed by atoms with E-state index in [1.165, 1.54) is 0 Å². The first-order chi connectivity index (χ1) is 4.88. The normalized spacial score (nSPS) is 28.3. The SMILES string of the molecule is CO[C@H](C=O)[C@H]1CCOC1. The van der Waals surface area contributed by atoms with Crippen molar-refractivity contribution < 1.29 is 14.3 Å². The summed E-state index contributed by atoms with van der Waals surface area (Å²) in [5.41, 5.74) is 0. The molecule has 3 nitrogen and oxygen atoms in total. The fraction of sp³-hybridized carbons (Fsp3) is 0.857. The van der Waals surface area contributed by atoms with Crippen molar-refractivity contribution >= 4 is 6.29 Å². The molecule has 1 saturated heterocycles. The Balaban J connectivity index is 2.36. The van der Waals surface area contributed by atoms with Gasteiger partial charge in [-0.1, -0.05) is 0 Å². The first-order valence-corrected chi connectivity index (χ1v) is 3.44. The predicted octanol–water partition coefficient (Wildman–Crippen LogP) is 0.237. The van der Waals surface area contributed by atoms with Crippen LogP contribution in [-0.2, 0) is 14.3 Å². The minimum atomic E-state index is -0.262. The molecule has 0 aliphatic carbocycles. The molecule has 1 rings (SSSR count). The highest BCUT2D eigenvalue weighted by atomic mass is 16.5. The van der Waals surface area contributed by atoms with Gasteiger partial charge in [0.25, 0.3) is 0 Å². The zero-order valence-corrected chi connectivity index (χ0v) is 6.08. The van der Waals surface area contributed by atoms with Crippen molar-refractivity contribution in [3.8, 4) is 0 Å². The van der Waals surface area contributed by atoms with Crippen molar-refractivity contribution in [2.24, 2.45) is 5.92 Å². The van der Waals surface area contributed by atoms with Crippen LogP contribution in [-0.4, -0.2) is 32.7 Å². The number of ether oxygens (including phenoxy) is 2. The molecule has 1 aliphatic heterocycles. The maximum atomic E-state index is 10.3. The van der Waals surface area contributed by atoms with E-state index in [-0.39, 0.29) is 12.0 Å². The number of rotatable bonds is 3. The summed E-state index contributed by atoms with van der Waals surface area (Å²) >= 11 is 0. The maximum Gasteiger partial charge on any atom is 0.149 e. The van der Waals surface area contributed by atoms with Crippen molar-refractivity contribution in [2.75, 3.05) is 20.3 Å². The number of hydrogen-bond donors (Lipinski definition) is 0. The zero-order chi connectivity index (χ0) is 7.40. The molecule has 0 bridgehead atoms. The van der Waals surface area contributed by atoms with Crippen molar-refractivity contribution in [1.29, 1.82) is 0 Å². The van der Waals surface area contributed by atoms with E-state index < -0.39 is 0 Å². The van der Waals surface area contributed by atoms with E-state index in [0.717, 1.165) is 19.3 Å². The second-order valence-corrected chi connectivity index (χ2v) is 2.46. The van der Waals surface area contributed by atoms with Crippen LogP contribution in [0.1, 0.15) is 6.42 Å². The van der Waals surface area contributed by atoms with Crippen molar-refractivity contribution in [3.05, 3.63) is 0 Å². The van der Waals surface area contributed by atoms with Crippen molar-refractivity contribution in [1.82, 2.24) is 0 Å². The molecule has 0 saturated carbocycles. The molecular formula is C7H12O3. The van der Waals surface area contributed by atoms with Crippen LogP contribution in [0.2, 0.25) is 0 Å². The average molecular weight is 144 g/mol. The van der Waals surface area contributed by atoms with Gasteiger partial charge in [0.05, 0.1) is 6.61 Å². The van der Waals surface area contributed by atoms with Crippen LogP contribution in [0.3, 0.4) is 0 Å². The van der Waals surface area contributed by atoms with Crippen LogP contribution < -0.4 is 0 Å². The molecule has 1 aliphatic rings. The second-order valence-electron chi connectivity index (χ2n) is 2.46. The van der Waals surface area contributed by atoms with Crippen LogP contribution in [0.5, 0.6) is 0 Å². The lowest BCUT2D eigenvalue weighted by Crippen LogP contribution is -2.24. The topological polar surface area (TPSA) is 35.5 Å². The van der Waals surface area contributed by atoms with E-state index in [9.17, 15) is 4.79 Å². The Bertz CT molecular complexity index is 107. The third kappa shape index (κ3) is 1.55. The van der Waals surface area contributed by atoms with Gasteiger partial charge in [0.15, 0.2) is 0 Å². The van der Waals surface area contributed by atoms with Crippen molar-refractivity contribution in [2.45, 2.75) is 12.5 Å². The summed E-state index contributed by atoms with van der Waals surface area (Å²) < 4.78 is 10.0. The highest BCUT2D eigenvalue weighted by molar-refractivity contribution is 5.56. The van der Waals surface area contributed by atoms with Gasteiger partial charge in [0.2, 0.25) is 0 Å². The summed E-state index contributed by atoms with van der Waals surface area (Å²) in [6, 6.07) is 0. The fourth-order valence-electron chi connectivity index (χ4n) is 1.17. The Morgan fingerprint density at radius 1 is 1.80 bits per heavy atom. The van der Waals surface area contributed by atoms with Gasteiger partial charge < -0.3 is 14.3 Å². The van der Waals surface area contributed by atoms with E-state index in [2.05, 4.69) is 0 Å². The van der Waals surface area contributed by atoms with Crippen molar-refractivity contribution in [3.63, 3.8) is 0 Å². The van der Waals surface area contributed by atoms with Gasteiger partial charge in [-0.05, 0) is 6.42 Å². The summed E-state index contributed by atoms with van der Waals surface area (Å²) in [7, 11) is 1.55. The molecular weight excluding hydrogens is 132 g/mol. The van der Waals surface area contributed by atoms with Crippen LogP contribution in [0.15, 0.2) is 0 Å². The number of methoxy groups -OCH3 is 1. The molecule has 0 unspecified atom stereocenters. The van der Waals surface area contributed by atoms with Crippen LogP contribution in [0, 0.1) is 5.92 Å². The van der Waals surface area contributed by atoms with Gasteiger partial charge in [0.1, 0.15) is 12.4 Å². The standard InChI is InChI=1S/C7H12O3/c1-9-7(4-8)6-2-3-10-5-6/h4,6-7H,2-3,5H2,1H3/t6-,7+/m0/s1. The third-order valence-electron chi connectivity index (χ3n) is 1.84. The van der Waals surface area contributed by atoms with Crippen LogP contribution in [0.4, 0.5) is 0 Å². The van der Waals surface area contributed by atoms with E-state index in [1.54, 1.807) is 7.11 Å². The van der Waals surface area contributed by atoms with Gasteiger partial charge in [0, 0.05) is 19.6 Å². The Morgan fingerprint density at radius 2 is 2.60 bits per heavy atom. The Hall–Kier alpha value is -0.410. The largest absolute Gasteiger partial charge is 0.381 e. The molecule has 0 aromatic carbocycles. The minimum absolute atomic E-state index is 0.262. The lowest BCUT2D eigenvalue weighted by Gasteiger charge is -2.13. The predicted molar refractivity (Wildman–Crippen MR) is 35.8 cm³/mol. The molecule has 0 spiro atoms. The molecule has 2 atom stereocenters. The summed E-state index contributed by atoms with van der Waals surface area (Å²) in [5.74, 6) is 0.280. The van der Waals surface area contributed by atoms with Gasteiger partial charge in [-0.2, -0.15) is 0 Å². The highest BCUT2D eigenvalue weighted by Crippen LogP contribution is 2.16. The summed E-state index contributed by atoms with van der Waals surface area (Å²) in [4.78, 5) is 10.3. The molecule has 0 N–H and O–H groups in total.